The summed E-state index contributed by atoms with van der Waals surface area (Å²) in [6, 6.07) is 11.9. The molecular weight excluding hydrogens is 716 g/mol. The minimum absolute atomic E-state index is 0.108. The topological polar surface area (TPSA) is 119 Å². The van der Waals surface area contributed by atoms with Crippen LogP contribution in [0.25, 0.3) is 22.6 Å². The van der Waals surface area contributed by atoms with Gasteiger partial charge in [0.05, 0.1) is 41.3 Å². The summed E-state index contributed by atoms with van der Waals surface area (Å²) in [7, 11) is 7.15. The van der Waals surface area contributed by atoms with E-state index in [1.807, 2.05) is 50.8 Å². The van der Waals surface area contributed by atoms with Crippen molar-refractivity contribution >= 4 is 37.2 Å². The summed E-state index contributed by atoms with van der Waals surface area (Å²) in [5.41, 5.74) is 6.04. The van der Waals surface area contributed by atoms with Gasteiger partial charge in [0.15, 0.2) is 8.32 Å². The van der Waals surface area contributed by atoms with Crippen LogP contribution in [0.5, 0.6) is 5.75 Å². The molecule has 4 rings (SSSR count). The maximum Gasteiger partial charge on any atom is 0.227 e. The van der Waals surface area contributed by atoms with Crippen LogP contribution < -0.4 is 20.3 Å². The first-order valence-electron chi connectivity index (χ1n) is 19.1. The molecule has 2 N–H and O–H groups in total. The molecule has 2 aromatic heterocycles. The highest BCUT2D eigenvalue weighted by atomic mass is 28.4. The van der Waals surface area contributed by atoms with Gasteiger partial charge >= 0.3 is 0 Å². The number of likely N-dealkylation sites (N-methyl/N-ethyl adjacent to an activating group) is 2. The number of hydrogen-bond acceptors (Lipinski definition) is 10. The molecule has 0 unspecified atom stereocenters. The van der Waals surface area contributed by atoms with Gasteiger partial charge in [-0.15, -0.1) is 0 Å². The second-order valence-electron chi connectivity index (χ2n) is 15.1. The molecule has 2 aromatic carbocycles. The normalized spacial score (nSPS) is 11.9. The van der Waals surface area contributed by atoms with E-state index >= 15 is 0 Å². The molecule has 0 saturated heterocycles. The van der Waals surface area contributed by atoms with E-state index in [1.165, 1.54) is 12.1 Å². The number of ether oxygens (including phenoxy) is 2. The molecule has 0 aliphatic heterocycles. The summed E-state index contributed by atoms with van der Waals surface area (Å²) in [6.45, 7) is 17.8. The molecule has 1 amide bonds. The number of amides is 1. The van der Waals surface area contributed by atoms with E-state index in [4.69, 9.17) is 23.9 Å². The first-order chi connectivity index (χ1) is 26.2. The lowest BCUT2D eigenvalue weighted by Gasteiger charge is -2.42. The summed E-state index contributed by atoms with van der Waals surface area (Å²) in [5.74, 6) is 1.19. The molecule has 2 heterocycles. The monoisotopic (exact) mass is 776 g/mol. The number of anilines is 4. The number of carbonyl (C=O) groups excluding carboxylic acids is 1. The van der Waals surface area contributed by atoms with Crippen LogP contribution in [0.3, 0.4) is 0 Å². The van der Waals surface area contributed by atoms with Gasteiger partial charge in [0.1, 0.15) is 24.1 Å². The number of carbonyl (C=O) groups is 1. The molecule has 14 heteroatoms. The zero-order chi connectivity index (χ0) is 40.4. The predicted octanol–water partition coefficient (Wildman–Crippen LogP) is 8.58. The summed E-state index contributed by atoms with van der Waals surface area (Å²) >= 11 is 0. The van der Waals surface area contributed by atoms with Crippen molar-refractivity contribution in [3.05, 3.63) is 60.3 Å². The number of rotatable bonds is 20. The number of hydrogen-bond donors (Lipinski definition) is 2. The second-order valence-corrected chi connectivity index (χ2v) is 20.5. The van der Waals surface area contributed by atoms with Crippen LogP contribution >= 0.6 is 0 Å². The Labute approximate surface area is 328 Å². The SMILES string of the molecule is CCC(=O)Nc1cc(Nc2nccc(-c3c(-c4ccc(F)cc4)nc(CCO[Si](C(C)C)(C(C)C)C(C)C)n3COC)n2)c(OC)cc1N(C)CCN(C)C. The fourth-order valence-electron chi connectivity index (χ4n) is 7.48. The average Bonchev–Trinajstić information content (AvgIpc) is 3.50. The molecule has 55 heavy (non-hydrogen) atoms. The van der Waals surface area contributed by atoms with Gasteiger partial charge in [0.25, 0.3) is 0 Å². The van der Waals surface area contributed by atoms with Gasteiger partial charge < -0.3 is 38.9 Å². The minimum atomic E-state index is -2.12. The predicted molar refractivity (Wildman–Crippen MR) is 223 cm³/mol. The van der Waals surface area contributed by atoms with Crippen molar-refractivity contribution in [2.75, 3.05) is 70.6 Å². The second kappa shape index (κ2) is 19.5. The molecule has 4 aromatic rings. The number of halogens is 1. The van der Waals surface area contributed by atoms with E-state index in [9.17, 15) is 9.18 Å². The molecule has 0 fully saturated rings. The van der Waals surface area contributed by atoms with E-state index in [-0.39, 0.29) is 18.5 Å². The fourth-order valence-corrected chi connectivity index (χ4v) is 12.9. The quantitative estimate of drug-likeness (QED) is 0.0846. The van der Waals surface area contributed by atoms with Gasteiger partial charge in [-0.2, -0.15) is 0 Å². The highest BCUT2D eigenvalue weighted by Gasteiger charge is 2.45. The lowest BCUT2D eigenvalue weighted by atomic mass is 10.1. The van der Waals surface area contributed by atoms with Gasteiger partial charge in [-0.1, -0.05) is 48.5 Å². The zero-order valence-corrected chi connectivity index (χ0v) is 35.8. The average molecular weight is 777 g/mol. The smallest absolute Gasteiger partial charge is 0.227 e. The van der Waals surface area contributed by atoms with Crippen LogP contribution in [-0.2, 0) is 27.1 Å². The Morgan fingerprint density at radius 1 is 0.927 bits per heavy atom. The van der Waals surface area contributed by atoms with Crippen molar-refractivity contribution in [2.24, 2.45) is 0 Å². The van der Waals surface area contributed by atoms with Crippen LogP contribution in [0, 0.1) is 5.82 Å². The summed E-state index contributed by atoms with van der Waals surface area (Å²) < 4.78 is 34.7. The van der Waals surface area contributed by atoms with Crippen molar-refractivity contribution in [1.82, 2.24) is 24.4 Å². The summed E-state index contributed by atoms with van der Waals surface area (Å²) in [4.78, 5) is 31.5. The van der Waals surface area contributed by atoms with Gasteiger partial charge in [0.2, 0.25) is 11.9 Å². The van der Waals surface area contributed by atoms with Crippen molar-refractivity contribution in [3.63, 3.8) is 0 Å². The van der Waals surface area contributed by atoms with Crippen molar-refractivity contribution in [2.45, 2.75) is 84.7 Å². The molecule has 12 nitrogen and oxygen atoms in total. The third-order valence-corrected chi connectivity index (χ3v) is 16.3. The molecule has 300 valence electrons. The highest BCUT2D eigenvalue weighted by Crippen LogP contribution is 2.43. The summed E-state index contributed by atoms with van der Waals surface area (Å²) in [5, 5.41) is 6.39. The number of nitrogens with zero attached hydrogens (tertiary/aromatic N) is 6. The Balaban J connectivity index is 1.80. The van der Waals surface area contributed by atoms with Crippen LogP contribution in [0.1, 0.15) is 60.7 Å². The molecule has 0 spiro atoms. The first-order valence-corrected chi connectivity index (χ1v) is 21.3. The maximum atomic E-state index is 14.2. The number of benzene rings is 2. The van der Waals surface area contributed by atoms with E-state index in [0.717, 1.165) is 30.2 Å². The van der Waals surface area contributed by atoms with Crippen LogP contribution in [-0.4, -0.2) is 93.7 Å². The molecule has 0 radical (unpaired) electrons. The van der Waals surface area contributed by atoms with Crippen molar-refractivity contribution in [3.8, 4) is 28.4 Å². The lowest BCUT2D eigenvalue weighted by molar-refractivity contribution is -0.115. The Hall–Kier alpha value is -4.37. The van der Waals surface area contributed by atoms with E-state index in [1.54, 1.807) is 32.5 Å². The first kappa shape index (κ1) is 43.4. The number of aromatic nitrogens is 4. The molecule has 0 aliphatic carbocycles. The highest BCUT2D eigenvalue weighted by molar-refractivity contribution is 6.77. The number of nitrogens with one attached hydrogen (secondary N) is 2. The van der Waals surface area contributed by atoms with Gasteiger partial charge in [-0.3, -0.25) is 4.79 Å². The Kier molecular flexibility index (Phi) is 15.4. The molecule has 0 saturated carbocycles. The molecule has 0 bridgehead atoms. The number of imidazole rings is 1. The van der Waals surface area contributed by atoms with Crippen LogP contribution in [0.2, 0.25) is 16.6 Å². The van der Waals surface area contributed by atoms with Gasteiger partial charge in [0, 0.05) is 64.5 Å². The lowest BCUT2D eigenvalue weighted by Crippen LogP contribution is -2.48. The third-order valence-electron chi connectivity index (χ3n) is 10.2. The third kappa shape index (κ3) is 10.3. The largest absolute Gasteiger partial charge is 0.494 e. The molecule has 0 atom stereocenters. The maximum absolute atomic E-state index is 14.2. The molecule has 0 aliphatic rings. The van der Waals surface area contributed by atoms with Crippen LogP contribution in [0.15, 0.2) is 48.7 Å². The Morgan fingerprint density at radius 3 is 2.18 bits per heavy atom. The Bertz CT molecular complexity index is 1840. The fraction of sp³-hybridized carbons (Fsp3) is 0.512. The van der Waals surface area contributed by atoms with E-state index in [0.29, 0.717) is 76.2 Å². The summed E-state index contributed by atoms with van der Waals surface area (Å²) in [6.07, 6.45) is 2.55. The van der Waals surface area contributed by atoms with Gasteiger partial charge in [-0.25, -0.2) is 19.3 Å². The van der Waals surface area contributed by atoms with Gasteiger partial charge in [-0.05, 0) is 67.1 Å². The standard InChI is InChI=1S/C41H61FN8O4Si/c1-13-38(51)44-33-24-34(36(53-12)25-35(33)49(10)22-21-48(8)9)46-41-43-20-18-32(45-41)40-39(30-14-16-31(42)17-15-30)47-37(50(40)26-52-11)19-23-54-55(27(2)3,28(4)5)29(6)7/h14-18,20,24-25,27-29H,13,19,21-23,26H2,1-12H3,(H,44,51)(H,43,45,46). The van der Waals surface area contributed by atoms with E-state index < -0.39 is 8.32 Å². The van der Waals surface area contributed by atoms with Crippen LogP contribution in [0.4, 0.5) is 27.4 Å². The zero-order valence-electron chi connectivity index (χ0n) is 34.8. The van der Waals surface area contributed by atoms with E-state index in [2.05, 4.69) is 67.0 Å². The molecular formula is C41H61FN8O4Si. The Morgan fingerprint density at radius 2 is 1.60 bits per heavy atom. The minimum Gasteiger partial charge on any atom is -0.494 e. The van der Waals surface area contributed by atoms with Crippen molar-refractivity contribution in [1.29, 1.82) is 0 Å². The van der Waals surface area contributed by atoms with Crippen molar-refractivity contribution < 1.29 is 23.1 Å². The number of methoxy groups -OCH3 is 2.